The number of fused-ring (bicyclic) bond motifs is 2. The van der Waals surface area contributed by atoms with Gasteiger partial charge < -0.3 is 0 Å². The molecule has 0 radical (unpaired) electrons. The smallest absolute Gasteiger partial charge is 0.240 e. The maximum absolute atomic E-state index is 12.5. The topological polar surface area (TPSA) is 70.2 Å². The Balaban J connectivity index is 1.55. The summed E-state index contributed by atoms with van der Waals surface area (Å²) in [5.41, 5.74) is 6.89. The third kappa shape index (κ3) is 2.17. The zero-order valence-electron chi connectivity index (χ0n) is 11.7. The number of ketones is 1. The summed E-state index contributed by atoms with van der Waals surface area (Å²) >= 11 is 0. The van der Waals surface area contributed by atoms with Gasteiger partial charge in [0.25, 0.3) is 0 Å². The minimum atomic E-state index is -0.122. The number of hydrazine groups is 1. The van der Waals surface area contributed by atoms with Crippen LogP contribution in [0.15, 0.2) is 30.3 Å². The van der Waals surface area contributed by atoms with Crippen molar-refractivity contribution in [3.8, 4) is 0 Å². The Labute approximate surface area is 123 Å². The Bertz CT molecular complexity index is 574. The van der Waals surface area contributed by atoms with Crippen molar-refractivity contribution in [2.45, 2.75) is 37.4 Å². The first-order chi connectivity index (χ1) is 10.2. The molecule has 1 aliphatic carbocycles. The molecule has 21 heavy (non-hydrogen) atoms. The molecule has 2 heterocycles. The number of hydrogen-bond acceptors (Lipinski definition) is 4. The Morgan fingerprint density at radius 1 is 1.00 bits per heavy atom. The quantitative estimate of drug-likeness (QED) is 0.710. The predicted octanol–water partition coefficient (Wildman–Crippen LogP) is 0.688. The lowest BCUT2D eigenvalue weighted by molar-refractivity contribution is -0.130. The molecule has 3 N–H and O–H groups in total. The van der Waals surface area contributed by atoms with Crippen LogP contribution in [0.2, 0.25) is 0 Å². The van der Waals surface area contributed by atoms with Gasteiger partial charge >= 0.3 is 0 Å². The van der Waals surface area contributed by atoms with Gasteiger partial charge in [-0.25, -0.2) is 5.43 Å². The summed E-state index contributed by atoms with van der Waals surface area (Å²) in [7, 11) is 0. The van der Waals surface area contributed by atoms with E-state index in [2.05, 4.69) is 28.3 Å². The first-order valence-corrected chi connectivity index (χ1v) is 7.61. The number of nitrogens with one attached hydrogen (secondary N) is 3. The largest absolute Gasteiger partial charge is 0.299 e. The van der Waals surface area contributed by atoms with Gasteiger partial charge in [0.1, 0.15) is 5.78 Å². The highest BCUT2D eigenvalue weighted by atomic mass is 16.2. The molecule has 1 amide bonds. The van der Waals surface area contributed by atoms with Gasteiger partial charge in [-0.1, -0.05) is 30.3 Å². The van der Waals surface area contributed by atoms with Crippen LogP contribution in [0.1, 0.15) is 30.7 Å². The number of carbonyl (C=O) groups excluding carboxylic acids is 2. The summed E-state index contributed by atoms with van der Waals surface area (Å²) in [5.74, 6) is 0.448. The zero-order valence-corrected chi connectivity index (χ0v) is 11.7. The van der Waals surface area contributed by atoms with E-state index in [4.69, 9.17) is 0 Å². The number of benzene rings is 1. The van der Waals surface area contributed by atoms with Crippen LogP contribution in [0.25, 0.3) is 0 Å². The molecule has 5 nitrogen and oxygen atoms in total. The van der Waals surface area contributed by atoms with Crippen LogP contribution in [0.3, 0.4) is 0 Å². The maximum atomic E-state index is 12.5. The second-order valence-electron chi connectivity index (χ2n) is 6.35. The Kier molecular flexibility index (Phi) is 3.05. The van der Waals surface area contributed by atoms with Crippen molar-refractivity contribution in [1.82, 2.24) is 16.2 Å². The molecule has 2 aliphatic heterocycles. The molecule has 1 saturated carbocycles. The lowest BCUT2D eigenvalue weighted by atomic mass is 9.69. The summed E-state index contributed by atoms with van der Waals surface area (Å²) in [6.45, 7) is 0. The molecule has 0 bridgehead atoms. The Hall–Kier alpha value is -1.72. The fraction of sp³-hybridized carbons (Fsp3) is 0.500. The van der Waals surface area contributed by atoms with Crippen LogP contribution in [-0.2, 0) is 9.59 Å². The molecule has 3 fully saturated rings. The van der Waals surface area contributed by atoms with Crippen molar-refractivity contribution >= 4 is 11.7 Å². The Morgan fingerprint density at radius 3 is 2.62 bits per heavy atom. The summed E-state index contributed by atoms with van der Waals surface area (Å²) in [6, 6.07) is 10.4. The summed E-state index contributed by atoms with van der Waals surface area (Å²) < 4.78 is 0. The summed E-state index contributed by atoms with van der Waals surface area (Å²) in [4.78, 5) is 24.3. The maximum Gasteiger partial charge on any atom is 0.240 e. The number of hydrogen-bond donors (Lipinski definition) is 3. The van der Waals surface area contributed by atoms with E-state index >= 15 is 0 Å². The number of carbonyl (C=O) groups is 2. The predicted molar refractivity (Wildman–Crippen MR) is 77.0 cm³/mol. The van der Waals surface area contributed by atoms with Crippen LogP contribution in [0.5, 0.6) is 0 Å². The minimum Gasteiger partial charge on any atom is -0.299 e. The SMILES string of the molecule is O=C1CC(c2ccccc2)CC2NC3NNC(=O)C3CC12. The van der Waals surface area contributed by atoms with Crippen LogP contribution in [0, 0.1) is 11.8 Å². The van der Waals surface area contributed by atoms with E-state index in [1.165, 1.54) is 5.56 Å². The fourth-order valence-corrected chi connectivity index (χ4v) is 4.03. The van der Waals surface area contributed by atoms with E-state index in [0.717, 1.165) is 6.42 Å². The van der Waals surface area contributed by atoms with Gasteiger partial charge in [0.05, 0.1) is 12.1 Å². The van der Waals surface area contributed by atoms with Crippen LogP contribution >= 0.6 is 0 Å². The Morgan fingerprint density at radius 2 is 1.81 bits per heavy atom. The molecule has 110 valence electrons. The molecule has 2 saturated heterocycles. The monoisotopic (exact) mass is 285 g/mol. The lowest BCUT2D eigenvalue weighted by Crippen LogP contribution is -2.59. The number of amides is 1. The molecular weight excluding hydrogens is 266 g/mol. The molecule has 0 aromatic heterocycles. The van der Waals surface area contributed by atoms with Gasteiger partial charge in [-0.05, 0) is 24.3 Å². The van der Waals surface area contributed by atoms with E-state index in [1.807, 2.05) is 18.2 Å². The molecule has 4 rings (SSSR count). The van der Waals surface area contributed by atoms with E-state index in [-0.39, 0.29) is 35.9 Å². The highest BCUT2D eigenvalue weighted by molar-refractivity contribution is 5.86. The third-order valence-corrected chi connectivity index (χ3v) is 5.15. The van der Waals surface area contributed by atoms with Crippen molar-refractivity contribution in [3.05, 3.63) is 35.9 Å². The number of Topliss-reactive ketones (excluding diaryl/α,β-unsaturated/α-hetero) is 1. The van der Waals surface area contributed by atoms with Crippen LogP contribution in [0.4, 0.5) is 0 Å². The van der Waals surface area contributed by atoms with Gasteiger partial charge in [0.15, 0.2) is 0 Å². The first kappa shape index (κ1) is 13.0. The molecule has 5 heteroatoms. The van der Waals surface area contributed by atoms with Gasteiger partial charge in [-0.3, -0.25) is 20.3 Å². The van der Waals surface area contributed by atoms with Crippen molar-refractivity contribution in [2.75, 3.05) is 0 Å². The van der Waals surface area contributed by atoms with Crippen LogP contribution in [-0.4, -0.2) is 23.9 Å². The zero-order chi connectivity index (χ0) is 14.4. The molecule has 3 aliphatic rings. The lowest BCUT2D eigenvalue weighted by Gasteiger charge is -2.42. The van der Waals surface area contributed by atoms with E-state index in [1.54, 1.807) is 0 Å². The number of rotatable bonds is 1. The molecular formula is C16H19N3O2. The second kappa shape index (κ2) is 4.93. The highest BCUT2D eigenvalue weighted by Crippen LogP contribution is 2.39. The van der Waals surface area contributed by atoms with Gasteiger partial charge in [-0.2, -0.15) is 0 Å². The van der Waals surface area contributed by atoms with Gasteiger partial charge in [-0.15, -0.1) is 0 Å². The normalized spacial score (nSPS) is 38.6. The number of piperidine rings is 1. The molecule has 5 unspecified atom stereocenters. The minimum absolute atomic E-state index is 0.00364. The van der Waals surface area contributed by atoms with E-state index in [9.17, 15) is 9.59 Å². The van der Waals surface area contributed by atoms with Crippen molar-refractivity contribution < 1.29 is 9.59 Å². The molecule has 5 atom stereocenters. The molecule has 1 aromatic rings. The van der Waals surface area contributed by atoms with Crippen molar-refractivity contribution in [1.29, 1.82) is 0 Å². The van der Waals surface area contributed by atoms with Crippen molar-refractivity contribution in [3.63, 3.8) is 0 Å². The van der Waals surface area contributed by atoms with E-state index in [0.29, 0.717) is 18.6 Å². The van der Waals surface area contributed by atoms with Gasteiger partial charge in [0.2, 0.25) is 5.91 Å². The van der Waals surface area contributed by atoms with E-state index < -0.39 is 0 Å². The first-order valence-electron chi connectivity index (χ1n) is 7.61. The van der Waals surface area contributed by atoms with Gasteiger partial charge in [0, 0.05) is 18.4 Å². The van der Waals surface area contributed by atoms with Crippen LogP contribution < -0.4 is 16.2 Å². The summed E-state index contributed by atoms with van der Waals surface area (Å²) in [5, 5.41) is 3.46. The third-order valence-electron chi connectivity index (χ3n) is 5.15. The average Bonchev–Trinajstić information content (AvgIpc) is 2.87. The molecule has 0 spiro atoms. The second-order valence-corrected chi connectivity index (χ2v) is 6.35. The summed E-state index contributed by atoms with van der Waals surface area (Å²) in [6.07, 6.45) is 2.18. The molecule has 1 aromatic carbocycles. The van der Waals surface area contributed by atoms with Crippen molar-refractivity contribution in [2.24, 2.45) is 11.8 Å². The highest BCUT2D eigenvalue weighted by Gasteiger charge is 2.48. The average molecular weight is 285 g/mol. The fourth-order valence-electron chi connectivity index (χ4n) is 4.03. The standard InChI is InChI=1S/C16H19N3O2/c20-14-7-10(9-4-2-1-3-5-9)6-13-11(14)8-12-15(17-13)18-19-16(12)21/h1-5,10-13,15,17-18H,6-8H2,(H,19,21).